The largest absolute Gasteiger partial charge is 0.484 e. The van der Waals surface area contributed by atoms with Crippen molar-refractivity contribution in [3.63, 3.8) is 0 Å². The summed E-state index contributed by atoms with van der Waals surface area (Å²) in [5, 5.41) is 2.12. The number of anilines is 1. The number of benzene rings is 3. The molecule has 0 aliphatic heterocycles. The van der Waals surface area contributed by atoms with Crippen LogP contribution in [-0.2, 0) is 4.79 Å². The Morgan fingerprint density at radius 2 is 1.69 bits per heavy atom. The van der Waals surface area contributed by atoms with Crippen LogP contribution in [0.2, 0.25) is 0 Å². The fraction of sp³-hybridized carbons (Fsp3) is 0.182. The molecule has 0 aliphatic rings. The number of Topliss-reactive ketones (excluding diaryl/α,β-unsaturated/α-hetero) is 1. The van der Waals surface area contributed by atoms with Crippen LogP contribution in [0, 0.1) is 0 Å². The molecular weight excluding hydrogens is 326 g/mol. The molecule has 0 N–H and O–H groups in total. The Hall–Kier alpha value is -3.14. The third-order valence-corrected chi connectivity index (χ3v) is 4.28. The minimum absolute atomic E-state index is 0.0345. The van der Waals surface area contributed by atoms with Gasteiger partial charge in [-0.15, -0.1) is 0 Å². The quantitative estimate of drug-likeness (QED) is 0.618. The van der Waals surface area contributed by atoms with E-state index < -0.39 is 0 Å². The lowest BCUT2D eigenvalue weighted by Gasteiger charge is -2.23. The molecule has 0 saturated carbocycles. The molecule has 0 unspecified atom stereocenters. The molecule has 0 heterocycles. The van der Waals surface area contributed by atoms with Gasteiger partial charge in [0.05, 0.1) is 5.69 Å². The Morgan fingerprint density at radius 3 is 2.46 bits per heavy atom. The van der Waals surface area contributed by atoms with Crippen molar-refractivity contribution >= 4 is 28.2 Å². The number of amides is 1. The lowest BCUT2D eigenvalue weighted by molar-refractivity contribution is -0.120. The van der Waals surface area contributed by atoms with Gasteiger partial charge in [0.2, 0.25) is 0 Å². The zero-order chi connectivity index (χ0) is 18.5. The minimum atomic E-state index is -0.128. The molecule has 0 atom stereocenters. The Kier molecular flexibility index (Phi) is 5.32. The van der Waals surface area contributed by atoms with E-state index in [0.717, 1.165) is 16.5 Å². The molecule has 3 aromatic rings. The second kappa shape index (κ2) is 7.83. The van der Waals surface area contributed by atoms with Crippen LogP contribution < -0.4 is 9.64 Å². The van der Waals surface area contributed by atoms with E-state index in [1.165, 1.54) is 6.92 Å². The van der Waals surface area contributed by atoms with Gasteiger partial charge in [-0.2, -0.15) is 0 Å². The topological polar surface area (TPSA) is 46.6 Å². The van der Waals surface area contributed by atoms with Gasteiger partial charge >= 0.3 is 0 Å². The highest BCUT2D eigenvalue weighted by Gasteiger charge is 2.17. The van der Waals surface area contributed by atoms with Crippen LogP contribution >= 0.6 is 0 Å². The lowest BCUT2D eigenvalue weighted by atomic mass is 10.1. The summed E-state index contributed by atoms with van der Waals surface area (Å²) in [6.45, 7) is 3.90. The van der Waals surface area contributed by atoms with Crippen molar-refractivity contribution in [2.45, 2.75) is 13.8 Å². The second-order valence-electron chi connectivity index (χ2n) is 6.01. The van der Waals surface area contributed by atoms with Crippen LogP contribution in [-0.4, -0.2) is 24.8 Å². The summed E-state index contributed by atoms with van der Waals surface area (Å²) in [6.07, 6.45) is 0. The van der Waals surface area contributed by atoms with Crippen molar-refractivity contribution in [1.82, 2.24) is 0 Å². The molecule has 0 saturated heterocycles. The average molecular weight is 347 g/mol. The van der Waals surface area contributed by atoms with Gasteiger partial charge in [-0.25, -0.2) is 0 Å². The number of rotatable bonds is 6. The van der Waals surface area contributed by atoms with Gasteiger partial charge in [0.25, 0.3) is 5.91 Å². The zero-order valence-corrected chi connectivity index (χ0v) is 14.9. The van der Waals surface area contributed by atoms with Crippen LogP contribution in [0.25, 0.3) is 10.8 Å². The number of hydrogen-bond acceptors (Lipinski definition) is 3. The van der Waals surface area contributed by atoms with E-state index in [2.05, 4.69) is 0 Å². The third kappa shape index (κ3) is 3.75. The number of likely N-dealkylation sites (N-methyl/N-ethyl adjacent to an activating group) is 1. The van der Waals surface area contributed by atoms with E-state index in [4.69, 9.17) is 4.74 Å². The predicted octanol–water partition coefficient (Wildman–Crippen LogP) is 4.47. The van der Waals surface area contributed by atoms with E-state index in [1.807, 2.05) is 49.4 Å². The summed E-state index contributed by atoms with van der Waals surface area (Å²) in [7, 11) is 0. The minimum Gasteiger partial charge on any atom is -0.484 e. The standard InChI is InChI=1S/C22H21NO3/c1-3-23(21-13-7-9-17-8-4-5-12-20(17)21)22(25)15-26-19-11-6-10-18(14-19)16(2)24/h4-14H,3,15H2,1-2H3. The van der Waals surface area contributed by atoms with Crippen LogP contribution in [0.4, 0.5) is 5.69 Å². The summed E-state index contributed by atoms with van der Waals surface area (Å²) in [5.74, 6) is 0.352. The first-order valence-electron chi connectivity index (χ1n) is 8.62. The monoisotopic (exact) mass is 347 g/mol. The summed E-state index contributed by atoms with van der Waals surface area (Å²) < 4.78 is 5.63. The van der Waals surface area contributed by atoms with Gasteiger partial charge in [0.15, 0.2) is 12.4 Å². The molecular formula is C22H21NO3. The van der Waals surface area contributed by atoms with Crippen LogP contribution in [0.1, 0.15) is 24.2 Å². The SMILES string of the molecule is CCN(C(=O)COc1cccc(C(C)=O)c1)c1cccc2ccccc12. The number of fused-ring (bicyclic) bond motifs is 1. The first kappa shape index (κ1) is 17.7. The average Bonchev–Trinajstić information content (AvgIpc) is 2.67. The highest BCUT2D eigenvalue weighted by molar-refractivity contribution is 6.04. The molecule has 26 heavy (non-hydrogen) atoms. The van der Waals surface area contributed by atoms with Crippen molar-refractivity contribution in [2.75, 3.05) is 18.1 Å². The highest BCUT2D eigenvalue weighted by Crippen LogP contribution is 2.27. The Morgan fingerprint density at radius 1 is 0.962 bits per heavy atom. The maximum absolute atomic E-state index is 12.7. The lowest BCUT2D eigenvalue weighted by Crippen LogP contribution is -2.34. The van der Waals surface area contributed by atoms with Crippen molar-refractivity contribution in [1.29, 1.82) is 0 Å². The summed E-state index contributed by atoms with van der Waals surface area (Å²) >= 11 is 0. The van der Waals surface area contributed by atoms with Crippen molar-refractivity contribution in [3.05, 3.63) is 72.3 Å². The van der Waals surface area contributed by atoms with E-state index in [-0.39, 0.29) is 18.3 Å². The normalized spacial score (nSPS) is 10.5. The van der Waals surface area contributed by atoms with Crippen LogP contribution in [0.15, 0.2) is 66.7 Å². The van der Waals surface area contributed by atoms with E-state index >= 15 is 0 Å². The number of ketones is 1. The van der Waals surface area contributed by atoms with Crippen molar-refractivity contribution in [2.24, 2.45) is 0 Å². The molecule has 0 spiro atoms. The summed E-state index contributed by atoms with van der Waals surface area (Å²) in [4.78, 5) is 25.9. The molecule has 0 aliphatic carbocycles. The number of carbonyl (C=O) groups excluding carboxylic acids is 2. The van der Waals surface area contributed by atoms with E-state index in [1.54, 1.807) is 29.2 Å². The molecule has 0 aromatic heterocycles. The molecule has 4 heteroatoms. The van der Waals surface area contributed by atoms with Crippen molar-refractivity contribution in [3.8, 4) is 5.75 Å². The molecule has 132 valence electrons. The zero-order valence-electron chi connectivity index (χ0n) is 14.9. The Labute approximate surface area is 153 Å². The maximum atomic E-state index is 12.7. The van der Waals surface area contributed by atoms with Gasteiger partial charge in [0, 0.05) is 17.5 Å². The number of nitrogens with zero attached hydrogens (tertiary/aromatic N) is 1. The number of carbonyl (C=O) groups is 2. The van der Waals surface area contributed by atoms with Gasteiger partial charge in [-0.1, -0.05) is 48.5 Å². The van der Waals surface area contributed by atoms with E-state index in [9.17, 15) is 9.59 Å². The number of ether oxygens (including phenoxy) is 1. The molecule has 0 bridgehead atoms. The first-order valence-corrected chi connectivity index (χ1v) is 8.62. The van der Waals surface area contributed by atoms with Gasteiger partial charge < -0.3 is 9.64 Å². The molecule has 3 rings (SSSR count). The predicted molar refractivity (Wildman–Crippen MR) is 104 cm³/mol. The van der Waals surface area contributed by atoms with Crippen molar-refractivity contribution < 1.29 is 14.3 Å². The molecule has 1 amide bonds. The Bertz CT molecular complexity index is 944. The number of hydrogen-bond donors (Lipinski definition) is 0. The molecule has 0 fully saturated rings. The van der Waals surface area contributed by atoms with E-state index in [0.29, 0.717) is 17.9 Å². The third-order valence-electron chi connectivity index (χ3n) is 4.28. The van der Waals surface area contributed by atoms with Crippen LogP contribution in [0.5, 0.6) is 5.75 Å². The fourth-order valence-corrected chi connectivity index (χ4v) is 2.95. The molecule has 0 radical (unpaired) electrons. The molecule has 3 aromatic carbocycles. The fourth-order valence-electron chi connectivity index (χ4n) is 2.95. The smallest absolute Gasteiger partial charge is 0.264 e. The van der Waals surface area contributed by atoms with Gasteiger partial charge in [-0.3, -0.25) is 9.59 Å². The summed E-state index contributed by atoms with van der Waals surface area (Å²) in [5.41, 5.74) is 1.44. The maximum Gasteiger partial charge on any atom is 0.264 e. The van der Waals surface area contributed by atoms with Crippen LogP contribution in [0.3, 0.4) is 0 Å². The second-order valence-corrected chi connectivity index (χ2v) is 6.01. The molecule has 4 nitrogen and oxygen atoms in total. The highest BCUT2D eigenvalue weighted by atomic mass is 16.5. The Balaban J connectivity index is 1.79. The van der Waals surface area contributed by atoms with Gasteiger partial charge in [0.1, 0.15) is 5.75 Å². The first-order chi connectivity index (χ1) is 12.6. The summed E-state index contributed by atoms with van der Waals surface area (Å²) in [6, 6.07) is 20.8. The van der Waals surface area contributed by atoms with Gasteiger partial charge in [-0.05, 0) is 37.4 Å².